The molecule has 1 saturated carbocycles. The summed E-state index contributed by atoms with van der Waals surface area (Å²) in [6.07, 6.45) is 5.12. The largest absolute Gasteiger partial charge is 0.315 e. The Bertz CT molecular complexity index is 363. The maximum Gasteiger partial charge on any atom is 0.0251 e. The van der Waals surface area contributed by atoms with Crippen molar-refractivity contribution in [1.29, 1.82) is 0 Å². The normalized spacial score (nSPS) is 27.7. The number of benzene rings is 1. The van der Waals surface area contributed by atoms with Gasteiger partial charge in [-0.15, -0.1) is 0 Å². The highest BCUT2D eigenvalue weighted by Gasteiger charge is 2.32. The van der Waals surface area contributed by atoms with Gasteiger partial charge < -0.3 is 10.2 Å². The molecule has 1 fully saturated rings. The molecule has 0 saturated heterocycles. The molecule has 1 aliphatic carbocycles. The lowest BCUT2D eigenvalue weighted by molar-refractivity contribution is 0.143. The van der Waals surface area contributed by atoms with E-state index in [0.717, 1.165) is 5.92 Å². The fraction of sp³-hybridized carbons (Fsp3) is 0.647. The first-order valence-corrected chi connectivity index (χ1v) is 7.68. The van der Waals surface area contributed by atoms with E-state index in [4.69, 9.17) is 0 Å². The molecule has 1 aromatic carbocycles. The van der Waals surface area contributed by atoms with E-state index in [1.807, 2.05) is 0 Å². The van der Waals surface area contributed by atoms with Gasteiger partial charge in [0.1, 0.15) is 0 Å². The van der Waals surface area contributed by atoms with Crippen LogP contribution >= 0.6 is 0 Å². The summed E-state index contributed by atoms with van der Waals surface area (Å²) >= 11 is 0. The summed E-state index contributed by atoms with van der Waals surface area (Å²) in [6.45, 7) is 3.47. The minimum atomic E-state index is 0.650. The van der Waals surface area contributed by atoms with Crippen LogP contribution in [-0.4, -0.2) is 37.6 Å². The fourth-order valence-electron chi connectivity index (χ4n) is 3.52. The second-order valence-electron chi connectivity index (χ2n) is 5.86. The van der Waals surface area contributed by atoms with E-state index in [9.17, 15) is 0 Å². The molecule has 0 amide bonds. The van der Waals surface area contributed by atoms with Gasteiger partial charge in [-0.1, -0.05) is 37.3 Å². The number of rotatable bonds is 5. The van der Waals surface area contributed by atoms with E-state index in [1.165, 1.54) is 37.8 Å². The summed E-state index contributed by atoms with van der Waals surface area (Å²) in [5.41, 5.74) is 1.52. The summed E-state index contributed by atoms with van der Waals surface area (Å²) in [6, 6.07) is 12.4. The molecule has 1 N–H and O–H groups in total. The number of likely N-dealkylation sites (N-methyl/N-ethyl adjacent to an activating group) is 2. The molecule has 0 heterocycles. The topological polar surface area (TPSA) is 15.3 Å². The van der Waals surface area contributed by atoms with Crippen LogP contribution in [0.25, 0.3) is 0 Å². The van der Waals surface area contributed by atoms with E-state index in [1.54, 1.807) is 0 Å². The molecule has 3 unspecified atom stereocenters. The van der Waals surface area contributed by atoms with Crippen molar-refractivity contribution in [2.75, 3.05) is 20.6 Å². The summed E-state index contributed by atoms with van der Waals surface area (Å²) < 4.78 is 0. The van der Waals surface area contributed by atoms with Crippen molar-refractivity contribution in [3.05, 3.63) is 35.9 Å². The molecule has 0 bridgehead atoms. The van der Waals surface area contributed by atoms with Crippen molar-refractivity contribution in [1.82, 2.24) is 10.2 Å². The zero-order valence-electron chi connectivity index (χ0n) is 12.6. The Balaban J connectivity index is 2.07. The number of hydrogen-bond acceptors (Lipinski definition) is 2. The highest BCUT2D eigenvalue weighted by molar-refractivity contribution is 5.21. The lowest BCUT2D eigenvalue weighted by Gasteiger charge is -2.41. The quantitative estimate of drug-likeness (QED) is 0.874. The van der Waals surface area contributed by atoms with Crippen LogP contribution in [0.1, 0.15) is 44.1 Å². The third-order valence-electron chi connectivity index (χ3n) is 4.60. The minimum absolute atomic E-state index is 0.650. The monoisotopic (exact) mass is 260 g/mol. The summed E-state index contributed by atoms with van der Waals surface area (Å²) in [7, 11) is 4.40. The predicted octanol–water partition coefficient (Wildman–Crippen LogP) is 3.25. The molecule has 19 heavy (non-hydrogen) atoms. The van der Waals surface area contributed by atoms with Gasteiger partial charge >= 0.3 is 0 Å². The van der Waals surface area contributed by atoms with E-state index >= 15 is 0 Å². The second-order valence-corrected chi connectivity index (χ2v) is 5.86. The Morgan fingerprint density at radius 3 is 2.58 bits per heavy atom. The Hall–Kier alpha value is -0.860. The minimum Gasteiger partial charge on any atom is -0.315 e. The van der Waals surface area contributed by atoms with Gasteiger partial charge in [0.15, 0.2) is 0 Å². The lowest BCUT2D eigenvalue weighted by atomic mass is 9.78. The zero-order chi connectivity index (χ0) is 13.7. The maximum absolute atomic E-state index is 3.52. The number of hydrogen-bond donors (Lipinski definition) is 1. The van der Waals surface area contributed by atoms with Crippen molar-refractivity contribution in [3.8, 4) is 0 Å². The van der Waals surface area contributed by atoms with Crippen LogP contribution in [0.3, 0.4) is 0 Å². The van der Waals surface area contributed by atoms with Crippen molar-refractivity contribution >= 4 is 0 Å². The molecule has 2 rings (SSSR count). The summed E-state index contributed by atoms with van der Waals surface area (Å²) in [4.78, 5) is 2.55. The first kappa shape index (κ1) is 14.5. The molecule has 3 atom stereocenters. The first-order chi connectivity index (χ1) is 9.26. The average molecular weight is 260 g/mol. The van der Waals surface area contributed by atoms with Crippen LogP contribution in [0, 0.1) is 0 Å². The molecule has 0 aromatic heterocycles. The highest BCUT2D eigenvalue weighted by atomic mass is 15.2. The van der Waals surface area contributed by atoms with Crippen LogP contribution in [0.15, 0.2) is 30.3 Å². The Morgan fingerprint density at radius 1 is 1.21 bits per heavy atom. The van der Waals surface area contributed by atoms with Crippen LogP contribution in [0.2, 0.25) is 0 Å². The van der Waals surface area contributed by atoms with Gasteiger partial charge in [-0.3, -0.25) is 0 Å². The Morgan fingerprint density at radius 2 is 1.95 bits per heavy atom. The molecular formula is C17H28N2. The molecular weight excluding hydrogens is 232 g/mol. The van der Waals surface area contributed by atoms with Crippen molar-refractivity contribution in [2.45, 2.75) is 50.6 Å². The smallest absolute Gasteiger partial charge is 0.0251 e. The maximum atomic E-state index is 3.52. The molecule has 2 nitrogen and oxygen atoms in total. The van der Waals surface area contributed by atoms with E-state index in [0.29, 0.717) is 12.1 Å². The fourth-order valence-corrected chi connectivity index (χ4v) is 3.52. The third kappa shape index (κ3) is 3.58. The molecule has 0 aliphatic heterocycles. The van der Waals surface area contributed by atoms with E-state index < -0.39 is 0 Å². The van der Waals surface area contributed by atoms with E-state index in [-0.39, 0.29) is 0 Å². The molecule has 2 heteroatoms. The van der Waals surface area contributed by atoms with Crippen molar-refractivity contribution in [3.63, 3.8) is 0 Å². The second kappa shape index (κ2) is 7.06. The Kier molecular flexibility index (Phi) is 5.41. The zero-order valence-corrected chi connectivity index (χ0v) is 12.6. The summed E-state index contributed by atoms with van der Waals surface area (Å²) in [5, 5.41) is 3.52. The third-order valence-corrected chi connectivity index (χ3v) is 4.60. The van der Waals surface area contributed by atoms with Crippen LogP contribution < -0.4 is 5.32 Å². The number of nitrogens with zero attached hydrogens (tertiary/aromatic N) is 1. The SMILES string of the molecule is CCCN(C)C1CC(c2ccccc2)CCC1NC. The summed E-state index contributed by atoms with van der Waals surface area (Å²) in [5.74, 6) is 0.732. The van der Waals surface area contributed by atoms with Crippen LogP contribution in [0.5, 0.6) is 0 Å². The van der Waals surface area contributed by atoms with Gasteiger partial charge in [-0.05, 0) is 57.8 Å². The Labute approximate surface area is 118 Å². The highest BCUT2D eigenvalue weighted by Crippen LogP contribution is 2.34. The van der Waals surface area contributed by atoms with E-state index in [2.05, 4.69) is 61.6 Å². The van der Waals surface area contributed by atoms with Crippen LogP contribution in [0.4, 0.5) is 0 Å². The van der Waals surface area contributed by atoms with Gasteiger partial charge in [-0.25, -0.2) is 0 Å². The predicted molar refractivity (Wildman–Crippen MR) is 82.6 cm³/mol. The molecule has 1 aromatic rings. The number of nitrogens with one attached hydrogen (secondary N) is 1. The first-order valence-electron chi connectivity index (χ1n) is 7.68. The molecule has 0 radical (unpaired) electrons. The van der Waals surface area contributed by atoms with Crippen molar-refractivity contribution < 1.29 is 0 Å². The van der Waals surface area contributed by atoms with Gasteiger partial charge in [0.25, 0.3) is 0 Å². The molecule has 0 spiro atoms. The van der Waals surface area contributed by atoms with Crippen LogP contribution in [-0.2, 0) is 0 Å². The van der Waals surface area contributed by atoms with Gasteiger partial charge in [-0.2, -0.15) is 0 Å². The van der Waals surface area contributed by atoms with Gasteiger partial charge in [0, 0.05) is 12.1 Å². The van der Waals surface area contributed by atoms with Gasteiger partial charge in [0.2, 0.25) is 0 Å². The van der Waals surface area contributed by atoms with Gasteiger partial charge in [0.05, 0.1) is 0 Å². The van der Waals surface area contributed by atoms with Crippen molar-refractivity contribution in [2.24, 2.45) is 0 Å². The molecule has 106 valence electrons. The molecule has 1 aliphatic rings. The standard InChI is InChI=1S/C17H28N2/c1-4-12-19(3)17-13-15(10-11-16(17)18-2)14-8-6-5-7-9-14/h5-9,15-18H,4,10-13H2,1-3H3. The average Bonchev–Trinajstić information content (AvgIpc) is 2.47. The lowest BCUT2D eigenvalue weighted by Crippen LogP contribution is -2.50.